The first kappa shape index (κ1) is 12.9. The summed E-state index contributed by atoms with van der Waals surface area (Å²) in [7, 11) is 0. The predicted molar refractivity (Wildman–Crippen MR) is 32.5 cm³/mol. The van der Waals surface area contributed by atoms with Gasteiger partial charge in [0.25, 0.3) is 0 Å². The Hall–Kier alpha value is -2.11. The maximum absolute atomic E-state index is 9.80. The van der Waals surface area contributed by atoms with Gasteiger partial charge in [0.1, 0.15) is 0 Å². The molecule has 0 bridgehead atoms. The van der Waals surface area contributed by atoms with Gasteiger partial charge in [-0.3, -0.25) is 0 Å². The van der Waals surface area contributed by atoms with Crippen LogP contribution in [-0.4, -0.2) is 0 Å². The Kier molecular flexibility index (Phi) is 10.2. The molecule has 0 spiro atoms. The van der Waals surface area contributed by atoms with E-state index in [-0.39, 0.29) is 0 Å². The van der Waals surface area contributed by atoms with E-state index in [1.165, 1.54) is 0 Å². The van der Waals surface area contributed by atoms with Crippen molar-refractivity contribution in [3.63, 3.8) is 0 Å². The van der Waals surface area contributed by atoms with Crippen molar-refractivity contribution in [2.24, 2.45) is 61.1 Å². The average Bonchev–Trinajstić information content (AvgIpc) is 2.26. The molecule has 0 aromatic rings. The van der Waals surface area contributed by atoms with Crippen molar-refractivity contribution in [2.45, 2.75) is 0 Å². The minimum atomic E-state index is -1.56. The minimum absolute atomic E-state index is 1.56. The third-order valence-electron chi connectivity index (χ3n) is 0.459. The van der Waals surface area contributed by atoms with Gasteiger partial charge in [-0.25, -0.2) is 0 Å². The van der Waals surface area contributed by atoms with Crippen LogP contribution in [0.3, 0.4) is 0 Å². The van der Waals surface area contributed by atoms with Crippen LogP contribution in [-0.2, 0) is 21.7 Å². The molecule has 0 aromatic heterocycles. The Morgan fingerprint density at radius 1 is 0.667 bits per heavy atom. The van der Waals surface area contributed by atoms with Crippen LogP contribution < -0.4 is 0 Å². The van der Waals surface area contributed by atoms with E-state index < -0.39 is 18.3 Å². The van der Waals surface area contributed by atoms with Crippen molar-refractivity contribution in [1.82, 2.24) is 0 Å². The molecule has 0 atom stereocenters. The Morgan fingerprint density at radius 2 is 1.07 bits per heavy atom. The summed E-state index contributed by atoms with van der Waals surface area (Å²) >= 11 is -1.56. The van der Waals surface area contributed by atoms with Crippen LogP contribution in [0.1, 0.15) is 0 Å². The normalized spacial score (nSPS) is 13.1. The van der Waals surface area contributed by atoms with Crippen LogP contribution in [0.5, 0.6) is 0 Å². The summed E-state index contributed by atoms with van der Waals surface area (Å²) in [6, 6.07) is 0. The van der Waals surface area contributed by atoms with Gasteiger partial charge in [-0.05, 0) is 0 Å². The molecule has 15 heavy (non-hydrogen) atoms. The summed E-state index contributed by atoms with van der Waals surface area (Å²) < 4.78 is 12.8. The van der Waals surface area contributed by atoms with Gasteiger partial charge in [0.15, 0.2) is 0 Å². The summed E-state index contributed by atoms with van der Waals surface area (Å²) in [5.41, 5.74) is 6.15. The molecule has 0 rings (SSSR count). The average molecular weight is 394 g/mol. The second kappa shape index (κ2) is 11.9. The van der Waals surface area contributed by atoms with Crippen molar-refractivity contribution < 1.29 is 21.7 Å². The standard InChI is InChI=1S/HN13.O.Pt/c1-3-5-7-9-11-13-12-10-8-6-4-2;;/h1H;;/b3-1?,6-4+,7-5+,10-8+,11-9+,13-12+;;. The second-order valence-corrected chi connectivity index (χ2v) is 1.98. The molecule has 0 fully saturated rings. The fourth-order valence-corrected chi connectivity index (χ4v) is 0.361. The van der Waals surface area contributed by atoms with Gasteiger partial charge < -0.3 is 0 Å². The topological polar surface area (TPSA) is 189 Å². The molecule has 14 nitrogen and oxygen atoms in total. The molecule has 0 unspecified atom stereocenters. The van der Waals surface area contributed by atoms with Crippen LogP contribution >= 0.6 is 0 Å². The van der Waals surface area contributed by atoms with Crippen molar-refractivity contribution in [3.05, 3.63) is 0 Å². The van der Waals surface area contributed by atoms with Crippen molar-refractivity contribution >= 4 is 0 Å². The molecule has 0 amide bonds. The van der Waals surface area contributed by atoms with E-state index in [4.69, 9.17) is 5.53 Å². The van der Waals surface area contributed by atoms with E-state index in [0.29, 0.717) is 0 Å². The molecule has 0 saturated heterocycles. The zero-order valence-corrected chi connectivity index (χ0v) is 8.86. The van der Waals surface area contributed by atoms with Crippen LogP contribution in [0.4, 0.5) is 0 Å². The van der Waals surface area contributed by atoms with Crippen molar-refractivity contribution in [3.8, 4) is 0 Å². The van der Waals surface area contributed by atoms with Gasteiger partial charge in [0, 0.05) is 0 Å². The van der Waals surface area contributed by atoms with Gasteiger partial charge in [-0.2, -0.15) is 5.53 Å². The Morgan fingerprint density at radius 3 is 1.47 bits per heavy atom. The van der Waals surface area contributed by atoms with Gasteiger partial charge in [-0.15, -0.1) is 0 Å². The van der Waals surface area contributed by atoms with E-state index in [1.54, 1.807) is 0 Å². The summed E-state index contributed by atoms with van der Waals surface area (Å²) in [6.07, 6.45) is 0. The van der Waals surface area contributed by atoms with Crippen LogP contribution in [0.25, 0.3) is 0 Å². The molecule has 0 heterocycles. The third-order valence-corrected chi connectivity index (χ3v) is 0.848. The predicted octanol–water partition coefficient (Wildman–Crippen LogP) is 2.38. The number of nitrogens with zero attached hydrogens (tertiary/aromatic N) is 12. The molecule has 0 aliphatic heterocycles. The molecule has 82 valence electrons. The van der Waals surface area contributed by atoms with Crippen LogP contribution in [0.15, 0.2) is 61.1 Å². The molecular weight excluding hydrogens is 393 g/mol. The zero-order chi connectivity index (χ0) is 11.2. The van der Waals surface area contributed by atoms with E-state index in [0.717, 1.165) is 0 Å². The first-order valence-electron chi connectivity index (χ1n) is 2.69. The van der Waals surface area contributed by atoms with E-state index >= 15 is 0 Å². The van der Waals surface area contributed by atoms with E-state index in [9.17, 15) is 3.40 Å². The number of hydrogen-bond donors (Lipinski definition) is 1. The van der Waals surface area contributed by atoms with E-state index in [2.05, 4.69) is 61.1 Å². The van der Waals surface area contributed by atoms with Crippen molar-refractivity contribution in [1.29, 1.82) is 5.53 Å². The first-order chi connectivity index (χ1) is 7.41. The fourth-order valence-electron chi connectivity index (χ4n) is 0.187. The molecule has 15 heteroatoms. The quantitative estimate of drug-likeness (QED) is 0.526. The molecule has 0 aliphatic carbocycles. The van der Waals surface area contributed by atoms with Gasteiger partial charge >= 0.3 is 82.8 Å². The summed E-state index contributed by atoms with van der Waals surface area (Å²) in [5, 5.41) is 31.6. The number of rotatable bonds is 6. The first-order valence-corrected chi connectivity index (χ1v) is 4.64. The third kappa shape index (κ3) is 11.9. The number of nitrogens with one attached hydrogen (secondary N) is 1. The molecule has 1 N–H and O–H groups in total. The molecule has 0 radical (unpaired) electrons. The SMILES string of the molecule is N=N/N=N/N=N/N=N/N=N/N=N/[N]=[Pt]=[O]. The number of hydrogen-bond acceptors (Lipinski definition) is 3. The van der Waals surface area contributed by atoms with Crippen molar-refractivity contribution in [2.75, 3.05) is 0 Å². The van der Waals surface area contributed by atoms with Gasteiger partial charge in [0.2, 0.25) is 0 Å². The van der Waals surface area contributed by atoms with Crippen LogP contribution in [0, 0.1) is 5.53 Å². The monoisotopic (exact) mass is 394 g/mol. The Bertz CT molecular complexity index is 351. The van der Waals surface area contributed by atoms with E-state index in [1.807, 2.05) is 0 Å². The zero-order valence-electron chi connectivity index (χ0n) is 6.59. The second-order valence-electron chi connectivity index (χ2n) is 1.12. The van der Waals surface area contributed by atoms with Gasteiger partial charge in [0.05, 0.1) is 0 Å². The summed E-state index contributed by atoms with van der Waals surface area (Å²) in [6.45, 7) is 0. The Labute approximate surface area is 88.8 Å². The summed E-state index contributed by atoms with van der Waals surface area (Å²) in [5.74, 6) is 0. The molecular formula is HN13OPt. The van der Waals surface area contributed by atoms with Crippen LogP contribution in [0.2, 0.25) is 0 Å². The maximum atomic E-state index is 9.80. The summed E-state index contributed by atoms with van der Waals surface area (Å²) in [4.78, 5) is 0. The Balaban J connectivity index is 3.79. The molecule has 0 saturated carbocycles. The molecule has 0 aliphatic rings. The fraction of sp³-hybridized carbons (Fsp3) is 0. The van der Waals surface area contributed by atoms with Gasteiger partial charge in [-0.1, -0.05) is 0 Å². The molecule has 0 aromatic carbocycles.